The number of nitrogens with one attached hydrogen (secondary N) is 2. The predicted octanol–water partition coefficient (Wildman–Crippen LogP) is 3.60. The summed E-state index contributed by atoms with van der Waals surface area (Å²) in [5.41, 5.74) is 0.924. The van der Waals surface area contributed by atoms with E-state index in [1.54, 1.807) is 25.2 Å². The summed E-state index contributed by atoms with van der Waals surface area (Å²) in [6, 6.07) is 14.3. The topological polar surface area (TPSA) is 54.9 Å². The molecule has 5 nitrogen and oxygen atoms in total. The number of aliphatic imine (C=N–C) groups is 1. The third kappa shape index (κ3) is 4.06. The lowest BCUT2D eigenvalue weighted by molar-refractivity contribution is 0.0992. The fourth-order valence-corrected chi connectivity index (χ4v) is 3.73. The molecule has 2 aromatic rings. The summed E-state index contributed by atoms with van der Waals surface area (Å²) >= 11 is 0. The summed E-state index contributed by atoms with van der Waals surface area (Å²) in [6.07, 6.45) is 3.97. The van der Waals surface area contributed by atoms with Gasteiger partial charge in [-0.2, -0.15) is 0 Å². The number of rotatable bonds is 5. The first-order chi connectivity index (χ1) is 13.2. The molecule has 6 heteroatoms. The Labute approximate surface area is 158 Å². The van der Waals surface area contributed by atoms with Gasteiger partial charge in [0, 0.05) is 19.2 Å². The van der Waals surface area contributed by atoms with Gasteiger partial charge in [0.1, 0.15) is 5.75 Å². The number of halogens is 1. The van der Waals surface area contributed by atoms with Gasteiger partial charge in [0.05, 0.1) is 18.2 Å². The number of hydrogen-bond donors (Lipinski definition) is 2. The molecule has 2 heterocycles. The smallest absolute Gasteiger partial charge is 0.191 e. The van der Waals surface area contributed by atoms with E-state index in [4.69, 9.17) is 9.47 Å². The van der Waals surface area contributed by atoms with E-state index < -0.39 is 0 Å². The molecule has 2 saturated heterocycles. The van der Waals surface area contributed by atoms with Gasteiger partial charge in [-0.15, -0.1) is 0 Å². The van der Waals surface area contributed by atoms with Crippen LogP contribution in [0.3, 0.4) is 0 Å². The Balaban J connectivity index is 1.39. The molecule has 2 fully saturated rings. The van der Waals surface area contributed by atoms with E-state index in [9.17, 15) is 4.39 Å². The zero-order chi connectivity index (χ0) is 18.6. The third-order valence-corrected chi connectivity index (χ3v) is 5.13. The van der Waals surface area contributed by atoms with Crippen molar-refractivity contribution in [1.82, 2.24) is 10.6 Å². The van der Waals surface area contributed by atoms with Gasteiger partial charge >= 0.3 is 0 Å². The standard InChI is InChI=1S/C21H24FN3O2/c1-23-21(25-17-12-15-10-11-20(17)26-15)24-13-14-6-2-4-8-18(14)27-19-9-5-3-7-16(19)22/h2-9,15,17,20H,10-13H2,1H3,(H2,23,24,25). The number of para-hydroxylation sites is 2. The van der Waals surface area contributed by atoms with Crippen molar-refractivity contribution in [3.05, 3.63) is 59.9 Å². The van der Waals surface area contributed by atoms with E-state index in [-0.39, 0.29) is 17.7 Å². The van der Waals surface area contributed by atoms with Gasteiger partial charge in [-0.3, -0.25) is 4.99 Å². The van der Waals surface area contributed by atoms with Gasteiger partial charge in [0.2, 0.25) is 0 Å². The Bertz CT molecular complexity index is 827. The van der Waals surface area contributed by atoms with Crippen LogP contribution in [0.5, 0.6) is 11.5 Å². The molecule has 3 atom stereocenters. The van der Waals surface area contributed by atoms with Gasteiger partial charge < -0.3 is 20.1 Å². The first-order valence-corrected chi connectivity index (χ1v) is 9.36. The Morgan fingerprint density at radius 3 is 2.63 bits per heavy atom. The fraction of sp³-hybridized carbons (Fsp3) is 0.381. The second kappa shape index (κ2) is 7.96. The SMILES string of the molecule is CN=C(NCc1ccccc1Oc1ccccc1F)NC1CC2CCC1O2. The molecule has 4 rings (SSSR count). The molecule has 2 aromatic carbocycles. The molecule has 0 saturated carbocycles. The number of benzene rings is 2. The lowest BCUT2D eigenvalue weighted by atomic mass is 9.96. The molecule has 2 bridgehead atoms. The minimum absolute atomic E-state index is 0.214. The summed E-state index contributed by atoms with van der Waals surface area (Å²) in [6.45, 7) is 0.520. The fourth-order valence-electron chi connectivity index (χ4n) is 3.73. The van der Waals surface area contributed by atoms with Crippen molar-refractivity contribution in [2.75, 3.05) is 7.05 Å². The van der Waals surface area contributed by atoms with Crippen molar-refractivity contribution in [3.63, 3.8) is 0 Å². The second-order valence-corrected chi connectivity index (χ2v) is 6.93. The van der Waals surface area contributed by atoms with Crippen LogP contribution in [0.15, 0.2) is 53.5 Å². The van der Waals surface area contributed by atoms with Gasteiger partial charge in [-0.1, -0.05) is 30.3 Å². The summed E-state index contributed by atoms with van der Waals surface area (Å²) in [5, 5.41) is 6.78. The van der Waals surface area contributed by atoms with Crippen molar-refractivity contribution in [3.8, 4) is 11.5 Å². The van der Waals surface area contributed by atoms with Gasteiger partial charge in [0.15, 0.2) is 17.5 Å². The first-order valence-electron chi connectivity index (χ1n) is 9.36. The third-order valence-electron chi connectivity index (χ3n) is 5.13. The van der Waals surface area contributed by atoms with E-state index in [0.29, 0.717) is 24.4 Å². The van der Waals surface area contributed by atoms with Gasteiger partial charge in [0.25, 0.3) is 0 Å². The molecule has 0 spiro atoms. The molecule has 0 aliphatic carbocycles. The number of hydrogen-bond acceptors (Lipinski definition) is 3. The Morgan fingerprint density at radius 1 is 1.15 bits per heavy atom. The van der Waals surface area contributed by atoms with Crippen molar-refractivity contribution < 1.29 is 13.9 Å². The second-order valence-electron chi connectivity index (χ2n) is 6.93. The van der Waals surface area contributed by atoms with Crippen molar-refractivity contribution in [1.29, 1.82) is 0 Å². The minimum atomic E-state index is -0.381. The van der Waals surface area contributed by atoms with E-state index >= 15 is 0 Å². The molecule has 142 valence electrons. The summed E-state index contributed by atoms with van der Waals surface area (Å²) in [4.78, 5) is 4.32. The van der Waals surface area contributed by atoms with E-state index in [1.165, 1.54) is 6.07 Å². The average Bonchev–Trinajstić information content (AvgIpc) is 3.31. The molecule has 3 unspecified atom stereocenters. The van der Waals surface area contributed by atoms with Crippen LogP contribution in [0.2, 0.25) is 0 Å². The van der Waals surface area contributed by atoms with Gasteiger partial charge in [-0.25, -0.2) is 4.39 Å². The van der Waals surface area contributed by atoms with E-state index in [0.717, 1.165) is 30.8 Å². The van der Waals surface area contributed by atoms with Crippen LogP contribution in [-0.2, 0) is 11.3 Å². The maximum absolute atomic E-state index is 13.9. The molecule has 2 aliphatic heterocycles. The van der Waals surface area contributed by atoms with E-state index in [2.05, 4.69) is 15.6 Å². The molecule has 0 aromatic heterocycles. The number of guanidine groups is 1. The molecule has 0 radical (unpaired) electrons. The molecule has 27 heavy (non-hydrogen) atoms. The van der Waals surface area contributed by atoms with Crippen LogP contribution in [0.25, 0.3) is 0 Å². The highest BCUT2D eigenvalue weighted by Gasteiger charge is 2.41. The summed E-state index contributed by atoms with van der Waals surface area (Å²) in [5.74, 6) is 1.19. The maximum Gasteiger partial charge on any atom is 0.191 e. The van der Waals surface area contributed by atoms with Crippen LogP contribution in [0.4, 0.5) is 4.39 Å². The quantitative estimate of drug-likeness (QED) is 0.625. The average molecular weight is 369 g/mol. The predicted molar refractivity (Wildman–Crippen MR) is 103 cm³/mol. The Kier molecular flexibility index (Phi) is 5.25. The van der Waals surface area contributed by atoms with E-state index in [1.807, 2.05) is 24.3 Å². The highest BCUT2D eigenvalue weighted by molar-refractivity contribution is 5.80. The molecule has 2 aliphatic rings. The Hall–Kier alpha value is -2.60. The lowest BCUT2D eigenvalue weighted by Gasteiger charge is -2.23. The zero-order valence-corrected chi connectivity index (χ0v) is 15.3. The van der Waals surface area contributed by atoms with Gasteiger partial charge in [-0.05, 0) is 37.5 Å². The summed E-state index contributed by atoms with van der Waals surface area (Å²) in [7, 11) is 1.76. The first kappa shape index (κ1) is 17.8. The maximum atomic E-state index is 13.9. The van der Waals surface area contributed by atoms with Crippen LogP contribution >= 0.6 is 0 Å². The summed E-state index contributed by atoms with van der Waals surface area (Å²) < 4.78 is 25.6. The van der Waals surface area contributed by atoms with Crippen LogP contribution in [0.1, 0.15) is 24.8 Å². The van der Waals surface area contributed by atoms with Crippen molar-refractivity contribution in [2.24, 2.45) is 4.99 Å². The largest absolute Gasteiger partial charge is 0.454 e. The van der Waals surface area contributed by atoms with Crippen molar-refractivity contribution in [2.45, 2.75) is 44.1 Å². The van der Waals surface area contributed by atoms with Crippen molar-refractivity contribution >= 4 is 5.96 Å². The number of fused-ring (bicyclic) bond motifs is 2. The van der Waals surface area contributed by atoms with Crippen LogP contribution < -0.4 is 15.4 Å². The minimum Gasteiger partial charge on any atom is -0.454 e. The highest BCUT2D eigenvalue weighted by Crippen LogP contribution is 2.34. The molecule has 0 amide bonds. The highest BCUT2D eigenvalue weighted by atomic mass is 19.1. The monoisotopic (exact) mass is 369 g/mol. The molecular weight excluding hydrogens is 345 g/mol. The molecule has 2 N–H and O–H groups in total. The number of nitrogens with zero attached hydrogens (tertiary/aromatic N) is 1. The normalized spacial score (nSPS) is 24.1. The Morgan fingerprint density at radius 2 is 1.93 bits per heavy atom. The zero-order valence-electron chi connectivity index (χ0n) is 15.3. The van der Waals surface area contributed by atoms with Crippen LogP contribution in [-0.4, -0.2) is 31.3 Å². The van der Waals surface area contributed by atoms with Crippen LogP contribution in [0, 0.1) is 5.82 Å². The lowest BCUT2D eigenvalue weighted by Crippen LogP contribution is -2.47. The number of ether oxygens (including phenoxy) is 2. The molecular formula is C21H24FN3O2.